The maximum absolute atomic E-state index is 12.6. The SMILES string of the molecule is O=C(Oc1ccc2c(c1)OC(=Cc1cccc(Cl)c1Cl)C2=O)c1ccc(Br)cc1. The van der Waals surface area contributed by atoms with Crippen LogP contribution in [0, 0.1) is 0 Å². The highest BCUT2D eigenvalue weighted by molar-refractivity contribution is 9.10. The molecule has 0 bridgehead atoms. The lowest BCUT2D eigenvalue weighted by atomic mass is 10.1. The zero-order valence-corrected chi connectivity index (χ0v) is 17.7. The lowest BCUT2D eigenvalue weighted by Gasteiger charge is -2.06. The van der Waals surface area contributed by atoms with Crippen molar-refractivity contribution in [1.29, 1.82) is 0 Å². The minimum Gasteiger partial charge on any atom is -0.452 e. The van der Waals surface area contributed by atoms with E-state index in [2.05, 4.69) is 15.9 Å². The molecule has 0 aromatic heterocycles. The number of halogens is 3. The van der Waals surface area contributed by atoms with Gasteiger partial charge in [0, 0.05) is 10.5 Å². The first-order valence-electron chi connectivity index (χ1n) is 8.42. The Morgan fingerprint density at radius 1 is 1.03 bits per heavy atom. The molecule has 1 aliphatic heterocycles. The Kier molecular flexibility index (Phi) is 5.46. The zero-order chi connectivity index (χ0) is 20.5. The third kappa shape index (κ3) is 4.08. The van der Waals surface area contributed by atoms with E-state index in [0.717, 1.165) is 4.47 Å². The second-order valence-corrected chi connectivity index (χ2v) is 7.84. The maximum atomic E-state index is 12.6. The number of hydrogen-bond acceptors (Lipinski definition) is 4. The number of benzene rings is 3. The highest BCUT2D eigenvalue weighted by Crippen LogP contribution is 2.36. The van der Waals surface area contributed by atoms with Crippen molar-refractivity contribution in [3.8, 4) is 11.5 Å². The Labute approximate surface area is 184 Å². The minimum absolute atomic E-state index is 0.112. The molecule has 0 saturated heterocycles. The van der Waals surface area contributed by atoms with E-state index in [0.29, 0.717) is 32.5 Å². The average molecular weight is 490 g/mol. The normalized spacial score (nSPS) is 13.9. The van der Waals surface area contributed by atoms with Crippen molar-refractivity contribution >= 4 is 57.0 Å². The van der Waals surface area contributed by atoms with Gasteiger partial charge in [-0.15, -0.1) is 0 Å². The fourth-order valence-corrected chi connectivity index (χ4v) is 3.38. The molecule has 7 heteroatoms. The van der Waals surface area contributed by atoms with Crippen molar-refractivity contribution in [2.45, 2.75) is 0 Å². The number of carbonyl (C=O) groups is 2. The molecule has 0 amide bonds. The van der Waals surface area contributed by atoms with E-state index >= 15 is 0 Å². The number of hydrogen-bond donors (Lipinski definition) is 0. The van der Waals surface area contributed by atoms with Gasteiger partial charge in [0.25, 0.3) is 0 Å². The molecule has 0 fully saturated rings. The molecule has 4 nitrogen and oxygen atoms in total. The van der Waals surface area contributed by atoms with Crippen LogP contribution in [0.15, 0.2) is 70.9 Å². The van der Waals surface area contributed by atoms with Gasteiger partial charge in [-0.05, 0) is 54.1 Å². The molecule has 0 radical (unpaired) electrons. The molecule has 3 aromatic carbocycles. The third-order valence-electron chi connectivity index (χ3n) is 4.20. The summed E-state index contributed by atoms with van der Waals surface area (Å²) in [7, 11) is 0. The lowest BCUT2D eigenvalue weighted by Crippen LogP contribution is -2.08. The number of esters is 1. The molecular formula is C22H11BrCl2O4. The molecule has 29 heavy (non-hydrogen) atoms. The van der Waals surface area contributed by atoms with E-state index in [9.17, 15) is 9.59 Å². The first-order valence-corrected chi connectivity index (χ1v) is 9.97. The summed E-state index contributed by atoms with van der Waals surface area (Å²) in [6.45, 7) is 0. The number of Topliss-reactive ketones (excluding diaryl/α,β-unsaturated/α-hetero) is 1. The maximum Gasteiger partial charge on any atom is 0.343 e. The molecule has 4 rings (SSSR count). The van der Waals surface area contributed by atoms with E-state index in [1.54, 1.807) is 54.6 Å². The smallest absolute Gasteiger partial charge is 0.343 e. The fraction of sp³-hybridized carbons (Fsp3) is 0. The monoisotopic (exact) mass is 488 g/mol. The summed E-state index contributed by atoms with van der Waals surface area (Å²) in [6, 6.07) is 16.5. The molecule has 144 valence electrons. The van der Waals surface area contributed by atoms with Crippen molar-refractivity contribution in [2.75, 3.05) is 0 Å². The Hall–Kier alpha value is -2.60. The number of rotatable bonds is 3. The molecular weight excluding hydrogens is 479 g/mol. The van der Waals surface area contributed by atoms with Gasteiger partial charge >= 0.3 is 5.97 Å². The number of ketones is 1. The van der Waals surface area contributed by atoms with Gasteiger partial charge in [-0.2, -0.15) is 0 Å². The van der Waals surface area contributed by atoms with Gasteiger partial charge in [0.15, 0.2) is 5.76 Å². The number of allylic oxidation sites excluding steroid dienone is 1. The highest BCUT2D eigenvalue weighted by atomic mass is 79.9. The molecule has 1 heterocycles. The Morgan fingerprint density at radius 3 is 2.55 bits per heavy atom. The van der Waals surface area contributed by atoms with E-state index in [1.165, 1.54) is 12.1 Å². The zero-order valence-electron chi connectivity index (χ0n) is 14.6. The minimum atomic E-state index is -0.511. The topological polar surface area (TPSA) is 52.6 Å². The lowest BCUT2D eigenvalue weighted by molar-refractivity contribution is 0.0734. The summed E-state index contributed by atoms with van der Waals surface area (Å²) in [5, 5.41) is 0.712. The van der Waals surface area contributed by atoms with Crippen LogP contribution in [0.2, 0.25) is 10.0 Å². The summed E-state index contributed by atoms with van der Waals surface area (Å²) in [6.07, 6.45) is 1.53. The fourth-order valence-electron chi connectivity index (χ4n) is 2.76. The second kappa shape index (κ2) is 8.03. The van der Waals surface area contributed by atoms with Crippen molar-refractivity contribution in [3.05, 3.63) is 97.6 Å². The van der Waals surface area contributed by atoms with E-state index < -0.39 is 5.97 Å². The molecule has 0 unspecified atom stereocenters. The molecule has 0 saturated carbocycles. The summed E-state index contributed by atoms with van der Waals surface area (Å²) in [5.74, 6) is -0.113. The van der Waals surface area contributed by atoms with Crippen LogP contribution in [0.4, 0.5) is 0 Å². The highest BCUT2D eigenvalue weighted by Gasteiger charge is 2.28. The van der Waals surface area contributed by atoms with Gasteiger partial charge in [0.05, 0.1) is 21.2 Å². The van der Waals surface area contributed by atoms with Crippen LogP contribution in [-0.4, -0.2) is 11.8 Å². The first kappa shape index (κ1) is 19.7. The quantitative estimate of drug-likeness (QED) is 0.236. The Bertz CT molecular complexity index is 1170. The largest absolute Gasteiger partial charge is 0.452 e. The summed E-state index contributed by atoms with van der Waals surface area (Å²) < 4.78 is 11.9. The second-order valence-electron chi connectivity index (χ2n) is 6.14. The van der Waals surface area contributed by atoms with Gasteiger partial charge < -0.3 is 9.47 Å². The number of carbonyl (C=O) groups excluding carboxylic acids is 2. The van der Waals surface area contributed by atoms with E-state index in [4.69, 9.17) is 32.7 Å². The predicted octanol–water partition coefficient (Wildman–Crippen LogP) is 6.59. The van der Waals surface area contributed by atoms with Crippen LogP contribution < -0.4 is 9.47 Å². The average Bonchev–Trinajstić information content (AvgIpc) is 3.01. The van der Waals surface area contributed by atoms with Gasteiger partial charge in [0.2, 0.25) is 5.78 Å². The molecule has 3 aromatic rings. The van der Waals surface area contributed by atoms with Crippen molar-refractivity contribution in [1.82, 2.24) is 0 Å². The Morgan fingerprint density at radius 2 is 1.79 bits per heavy atom. The van der Waals surface area contributed by atoms with Crippen molar-refractivity contribution in [2.24, 2.45) is 0 Å². The number of fused-ring (bicyclic) bond motifs is 1. The standard InChI is InChI=1S/C22H11BrCl2O4/c23-14-6-4-12(5-7-14)22(27)28-15-8-9-16-18(11-15)29-19(21(16)26)10-13-2-1-3-17(24)20(13)25/h1-11H. The molecule has 0 atom stereocenters. The van der Waals surface area contributed by atoms with Crippen molar-refractivity contribution in [3.63, 3.8) is 0 Å². The Balaban J connectivity index is 1.57. The molecule has 0 N–H and O–H groups in total. The molecule has 0 aliphatic carbocycles. The van der Waals surface area contributed by atoms with Crippen LogP contribution in [0.1, 0.15) is 26.3 Å². The predicted molar refractivity (Wildman–Crippen MR) is 115 cm³/mol. The van der Waals surface area contributed by atoms with Gasteiger partial charge in [-0.1, -0.05) is 51.3 Å². The molecule has 0 spiro atoms. The van der Waals surface area contributed by atoms with Crippen LogP contribution >= 0.6 is 39.1 Å². The first-order chi connectivity index (χ1) is 13.9. The van der Waals surface area contributed by atoms with Crippen LogP contribution in [-0.2, 0) is 0 Å². The van der Waals surface area contributed by atoms with E-state index in [1.807, 2.05) is 0 Å². The summed E-state index contributed by atoms with van der Waals surface area (Å²) in [5.41, 5.74) is 1.34. The summed E-state index contributed by atoms with van der Waals surface area (Å²) >= 11 is 15.5. The van der Waals surface area contributed by atoms with Crippen molar-refractivity contribution < 1.29 is 19.1 Å². The van der Waals surface area contributed by atoms with Crippen LogP contribution in [0.5, 0.6) is 11.5 Å². The van der Waals surface area contributed by atoms with Gasteiger partial charge in [-0.3, -0.25) is 4.79 Å². The molecule has 1 aliphatic rings. The van der Waals surface area contributed by atoms with E-state index in [-0.39, 0.29) is 17.3 Å². The van der Waals surface area contributed by atoms with Gasteiger partial charge in [-0.25, -0.2) is 4.79 Å². The van der Waals surface area contributed by atoms with Gasteiger partial charge in [0.1, 0.15) is 11.5 Å². The van der Waals surface area contributed by atoms with Crippen LogP contribution in [0.3, 0.4) is 0 Å². The third-order valence-corrected chi connectivity index (χ3v) is 5.56. The number of ether oxygens (including phenoxy) is 2. The summed E-state index contributed by atoms with van der Waals surface area (Å²) in [4.78, 5) is 24.9. The van der Waals surface area contributed by atoms with Crippen LogP contribution in [0.25, 0.3) is 6.08 Å².